The molecule has 1 saturated heterocycles. The van der Waals surface area contributed by atoms with E-state index in [9.17, 15) is 4.79 Å². The lowest BCUT2D eigenvalue weighted by atomic mass is 10.0. The Morgan fingerprint density at radius 1 is 1.33 bits per heavy atom. The number of rotatable bonds is 2. The molecule has 0 spiro atoms. The molecule has 0 aromatic carbocycles. The molecule has 24 heavy (non-hydrogen) atoms. The summed E-state index contributed by atoms with van der Waals surface area (Å²) in [6.45, 7) is 5.54. The molecule has 5 nitrogen and oxygen atoms in total. The number of halogens is 1. The Morgan fingerprint density at radius 3 is 2.67 bits per heavy atom. The van der Waals surface area contributed by atoms with Gasteiger partial charge in [-0.05, 0) is 25.8 Å². The van der Waals surface area contributed by atoms with Gasteiger partial charge < -0.3 is 4.90 Å². The highest BCUT2D eigenvalue weighted by Crippen LogP contribution is 2.42. The second-order valence-corrected chi connectivity index (χ2v) is 7.55. The number of fused-ring (bicyclic) bond motifs is 1. The monoisotopic (exact) mass is 360 g/mol. The molecule has 1 fully saturated rings. The zero-order chi connectivity index (χ0) is 17.0. The van der Waals surface area contributed by atoms with E-state index in [1.54, 1.807) is 10.9 Å². The first-order chi connectivity index (χ1) is 11.5. The molecule has 0 bridgehead atoms. The molecule has 0 N–H and O–H groups in total. The third kappa shape index (κ3) is 2.24. The van der Waals surface area contributed by atoms with Crippen LogP contribution in [0.5, 0.6) is 0 Å². The van der Waals surface area contributed by atoms with Gasteiger partial charge in [-0.15, -0.1) is 11.3 Å². The van der Waals surface area contributed by atoms with Crippen molar-refractivity contribution in [2.75, 3.05) is 13.1 Å². The van der Waals surface area contributed by atoms with Crippen molar-refractivity contribution in [1.29, 1.82) is 0 Å². The number of likely N-dealkylation sites (tertiary alicyclic amines) is 1. The molecular formula is C17H17ClN4OS. The van der Waals surface area contributed by atoms with Gasteiger partial charge in [0, 0.05) is 42.8 Å². The van der Waals surface area contributed by atoms with E-state index in [1.165, 1.54) is 11.3 Å². The minimum atomic E-state index is 0.0799. The first-order valence-electron chi connectivity index (χ1n) is 7.85. The summed E-state index contributed by atoms with van der Waals surface area (Å²) in [6.07, 6.45) is 4.80. The Hall–Kier alpha value is -1.92. The Labute approximate surface area is 148 Å². The smallest absolute Gasteiger partial charge is 0.264 e. The van der Waals surface area contributed by atoms with Crippen LogP contribution in [0.4, 0.5) is 0 Å². The predicted molar refractivity (Wildman–Crippen MR) is 96.8 cm³/mol. The quantitative estimate of drug-likeness (QED) is 0.698. The highest BCUT2D eigenvalue weighted by atomic mass is 35.5. The Kier molecular flexibility index (Phi) is 3.62. The minimum absolute atomic E-state index is 0.0799. The average molecular weight is 361 g/mol. The maximum absolute atomic E-state index is 12.9. The van der Waals surface area contributed by atoms with Crippen LogP contribution in [0.15, 0.2) is 12.4 Å². The largest absolute Gasteiger partial charge is 0.338 e. The third-order valence-electron chi connectivity index (χ3n) is 4.51. The van der Waals surface area contributed by atoms with Crippen molar-refractivity contribution in [2.24, 2.45) is 7.05 Å². The number of thiophene rings is 1. The molecule has 0 radical (unpaired) electrons. The van der Waals surface area contributed by atoms with Gasteiger partial charge in [0.1, 0.15) is 9.71 Å². The van der Waals surface area contributed by atoms with Crippen molar-refractivity contribution < 1.29 is 4.79 Å². The number of aryl methyl sites for hydroxylation is 3. The van der Waals surface area contributed by atoms with Crippen molar-refractivity contribution in [3.05, 3.63) is 33.6 Å². The van der Waals surface area contributed by atoms with Gasteiger partial charge in [-0.3, -0.25) is 9.48 Å². The van der Waals surface area contributed by atoms with Gasteiger partial charge in [-0.1, -0.05) is 11.6 Å². The lowest BCUT2D eigenvalue weighted by molar-refractivity contribution is 0.0658. The van der Waals surface area contributed by atoms with Crippen LogP contribution < -0.4 is 0 Å². The molecular weight excluding hydrogens is 344 g/mol. The van der Waals surface area contributed by atoms with Crippen LogP contribution in [-0.2, 0) is 7.05 Å². The van der Waals surface area contributed by atoms with Crippen molar-refractivity contribution in [1.82, 2.24) is 19.7 Å². The third-order valence-corrected chi connectivity index (χ3v) is 6.14. The zero-order valence-electron chi connectivity index (χ0n) is 13.8. The van der Waals surface area contributed by atoms with Crippen molar-refractivity contribution in [2.45, 2.75) is 20.3 Å². The minimum Gasteiger partial charge on any atom is -0.338 e. The number of pyridine rings is 1. The van der Waals surface area contributed by atoms with Crippen LogP contribution in [0.1, 0.15) is 27.3 Å². The standard InChI is InChI=1S/C17H17ClN4OS/c1-9-12-13(11-7-19-21(3)8-11)15(17(23)22-5-4-6-22)24-16(12)20-10(2)14(9)18/h7-8H,4-6H2,1-3H3. The van der Waals surface area contributed by atoms with E-state index in [-0.39, 0.29) is 5.91 Å². The molecule has 0 atom stereocenters. The lowest BCUT2D eigenvalue weighted by Crippen LogP contribution is -2.41. The van der Waals surface area contributed by atoms with E-state index >= 15 is 0 Å². The Balaban J connectivity index is 2.03. The molecule has 1 aliphatic rings. The number of hydrogen-bond donors (Lipinski definition) is 0. The number of amides is 1. The summed E-state index contributed by atoms with van der Waals surface area (Å²) in [5.74, 6) is 0.0799. The van der Waals surface area contributed by atoms with E-state index in [0.29, 0.717) is 5.02 Å². The Morgan fingerprint density at radius 2 is 2.08 bits per heavy atom. The van der Waals surface area contributed by atoms with Crippen LogP contribution in [0.25, 0.3) is 21.3 Å². The van der Waals surface area contributed by atoms with Crippen LogP contribution in [-0.4, -0.2) is 38.7 Å². The summed E-state index contributed by atoms with van der Waals surface area (Å²) in [4.78, 5) is 21.0. The predicted octanol–water partition coefficient (Wildman–Crippen LogP) is 3.81. The SMILES string of the molecule is Cc1nc2sc(C(=O)N3CCC3)c(-c3cnn(C)c3)c2c(C)c1Cl. The van der Waals surface area contributed by atoms with Gasteiger partial charge >= 0.3 is 0 Å². The molecule has 3 aromatic rings. The summed E-state index contributed by atoms with van der Waals surface area (Å²) in [5, 5.41) is 5.90. The molecule has 1 aliphatic heterocycles. The van der Waals surface area contributed by atoms with Gasteiger partial charge in [-0.2, -0.15) is 5.10 Å². The second kappa shape index (κ2) is 5.57. The summed E-state index contributed by atoms with van der Waals surface area (Å²) in [5.41, 5.74) is 3.60. The summed E-state index contributed by atoms with van der Waals surface area (Å²) < 4.78 is 1.75. The summed E-state index contributed by atoms with van der Waals surface area (Å²) in [6, 6.07) is 0. The second-order valence-electron chi connectivity index (χ2n) is 6.17. The lowest BCUT2D eigenvalue weighted by Gasteiger charge is -2.30. The summed E-state index contributed by atoms with van der Waals surface area (Å²) >= 11 is 7.89. The number of nitrogens with zero attached hydrogens (tertiary/aromatic N) is 4. The topological polar surface area (TPSA) is 51.0 Å². The summed E-state index contributed by atoms with van der Waals surface area (Å²) in [7, 11) is 1.87. The van der Waals surface area contributed by atoms with Crippen molar-refractivity contribution in [3.63, 3.8) is 0 Å². The fourth-order valence-corrected chi connectivity index (χ4v) is 4.48. The molecule has 0 saturated carbocycles. The Bertz CT molecular complexity index is 971. The molecule has 7 heteroatoms. The van der Waals surface area contributed by atoms with E-state index < -0.39 is 0 Å². The highest BCUT2D eigenvalue weighted by molar-refractivity contribution is 7.21. The normalized spacial score (nSPS) is 14.2. The fraction of sp³-hybridized carbons (Fsp3) is 0.353. The molecule has 4 rings (SSSR count). The number of carbonyl (C=O) groups excluding carboxylic acids is 1. The van der Waals surface area contributed by atoms with Gasteiger partial charge in [-0.25, -0.2) is 4.98 Å². The van der Waals surface area contributed by atoms with E-state index in [0.717, 1.165) is 57.0 Å². The van der Waals surface area contributed by atoms with Crippen LogP contribution in [0.2, 0.25) is 5.02 Å². The van der Waals surface area contributed by atoms with E-state index in [1.807, 2.05) is 32.0 Å². The molecule has 1 amide bonds. The van der Waals surface area contributed by atoms with Crippen molar-refractivity contribution in [3.8, 4) is 11.1 Å². The van der Waals surface area contributed by atoms with Gasteiger partial charge in [0.05, 0.1) is 16.9 Å². The van der Waals surface area contributed by atoms with E-state index in [2.05, 4.69) is 10.1 Å². The average Bonchev–Trinajstić information content (AvgIpc) is 3.06. The zero-order valence-corrected chi connectivity index (χ0v) is 15.3. The maximum Gasteiger partial charge on any atom is 0.264 e. The van der Waals surface area contributed by atoms with Gasteiger partial charge in [0.15, 0.2) is 0 Å². The van der Waals surface area contributed by atoms with E-state index in [4.69, 9.17) is 11.6 Å². The number of aromatic nitrogens is 3. The molecule has 4 heterocycles. The van der Waals surface area contributed by atoms with Crippen LogP contribution in [0.3, 0.4) is 0 Å². The van der Waals surface area contributed by atoms with Gasteiger partial charge in [0.25, 0.3) is 5.91 Å². The first-order valence-corrected chi connectivity index (χ1v) is 9.04. The molecule has 0 aliphatic carbocycles. The molecule has 3 aromatic heterocycles. The number of hydrogen-bond acceptors (Lipinski definition) is 4. The molecule has 0 unspecified atom stereocenters. The molecule has 124 valence electrons. The van der Waals surface area contributed by atoms with Gasteiger partial charge in [0.2, 0.25) is 0 Å². The van der Waals surface area contributed by atoms with Crippen LogP contribution in [0, 0.1) is 13.8 Å². The van der Waals surface area contributed by atoms with Crippen molar-refractivity contribution >= 4 is 39.1 Å². The fourth-order valence-electron chi connectivity index (χ4n) is 3.07. The first kappa shape index (κ1) is 15.6. The maximum atomic E-state index is 12.9. The highest BCUT2D eigenvalue weighted by Gasteiger charge is 2.29. The van der Waals surface area contributed by atoms with Crippen LogP contribution >= 0.6 is 22.9 Å². The number of carbonyl (C=O) groups is 1.